The number of benzene rings is 1. The number of carbonyl (C=O) groups is 2. The first-order chi connectivity index (χ1) is 14.5. The third kappa shape index (κ3) is 5.26. The lowest BCUT2D eigenvalue weighted by molar-refractivity contribution is -0.142. The molecular weight excluding hydrogens is 403 g/mol. The maximum atomic E-state index is 13.5. The number of ether oxygens (including phenoxy) is 1. The Labute approximate surface area is 181 Å². The van der Waals surface area contributed by atoms with E-state index in [1.807, 2.05) is 23.3 Å². The Morgan fingerprint density at radius 3 is 2.73 bits per heavy atom. The Hall–Kier alpha value is -2.25. The van der Waals surface area contributed by atoms with Crippen LogP contribution in [0.4, 0.5) is 4.39 Å². The molecule has 0 aliphatic carbocycles. The van der Waals surface area contributed by atoms with Crippen molar-refractivity contribution in [3.63, 3.8) is 0 Å². The summed E-state index contributed by atoms with van der Waals surface area (Å²) in [5.74, 6) is -0.416. The molecule has 2 amide bonds. The Balaban J connectivity index is 1.82. The van der Waals surface area contributed by atoms with Crippen molar-refractivity contribution in [3.05, 3.63) is 57.5 Å². The van der Waals surface area contributed by atoms with Gasteiger partial charge in [-0.1, -0.05) is 25.5 Å². The van der Waals surface area contributed by atoms with E-state index in [9.17, 15) is 14.0 Å². The number of thiophene rings is 1. The van der Waals surface area contributed by atoms with E-state index in [1.165, 1.54) is 17.0 Å². The van der Waals surface area contributed by atoms with Gasteiger partial charge in [0.05, 0.1) is 19.2 Å². The van der Waals surface area contributed by atoms with Crippen LogP contribution in [-0.4, -0.2) is 55.0 Å². The van der Waals surface area contributed by atoms with Gasteiger partial charge < -0.3 is 14.5 Å². The fourth-order valence-electron chi connectivity index (χ4n) is 3.82. The zero-order valence-electron chi connectivity index (χ0n) is 17.6. The minimum atomic E-state index is -0.301. The molecule has 2 aromatic rings. The number of nitrogens with zero attached hydrogens (tertiary/aromatic N) is 2. The van der Waals surface area contributed by atoms with Gasteiger partial charge in [0.15, 0.2) is 0 Å². The van der Waals surface area contributed by atoms with Crippen molar-refractivity contribution in [1.82, 2.24) is 9.80 Å². The van der Waals surface area contributed by atoms with Gasteiger partial charge in [0.1, 0.15) is 5.82 Å². The van der Waals surface area contributed by atoms with Gasteiger partial charge in [-0.25, -0.2) is 4.39 Å². The van der Waals surface area contributed by atoms with Gasteiger partial charge in [-0.2, -0.15) is 0 Å². The van der Waals surface area contributed by atoms with Crippen molar-refractivity contribution in [2.45, 2.75) is 38.6 Å². The van der Waals surface area contributed by atoms with Crippen molar-refractivity contribution in [2.24, 2.45) is 0 Å². The summed E-state index contributed by atoms with van der Waals surface area (Å²) in [6, 6.07) is 8.12. The van der Waals surface area contributed by atoms with E-state index in [4.69, 9.17) is 4.74 Å². The van der Waals surface area contributed by atoms with Gasteiger partial charge in [-0.05, 0) is 47.5 Å². The topological polar surface area (TPSA) is 49.9 Å². The average Bonchev–Trinajstić information content (AvgIpc) is 3.23. The Bertz CT molecular complexity index is 852. The van der Waals surface area contributed by atoms with Crippen LogP contribution in [-0.2, 0) is 20.7 Å². The second-order valence-electron chi connectivity index (χ2n) is 7.50. The molecule has 1 aromatic heterocycles. The minimum absolute atomic E-state index is 0.0196. The maximum Gasteiger partial charge on any atom is 0.242 e. The third-order valence-electron chi connectivity index (χ3n) is 5.46. The molecule has 1 unspecified atom stereocenters. The monoisotopic (exact) mass is 432 g/mol. The van der Waals surface area contributed by atoms with E-state index in [0.717, 1.165) is 30.4 Å². The van der Waals surface area contributed by atoms with E-state index in [2.05, 4.69) is 0 Å². The molecule has 1 aliphatic heterocycles. The SMILES string of the molecule is CCCCC(=O)N(CCOC)CC(=O)N1CCc2sccc2C1c1ccc(F)cc1. The molecule has 1 aliphatic rings. The second-order valence-corrected chi connectivity index (χ2v) is 8.50. The molecule has 30 heavy (non-hydrogen) atoms. The number of carbonyl (C=O) groups excluding carboxylic acids is 2. The van der Waals surface area contributed by atoms with E-state index in [1.54, 1.807) is 35.5 Å². The molecule has 0 saturated heterocycles. The number of hydrogen-bond acceptors (Lipinski definition) is 4. The molecule has 0 saturated carbocycles. The second kappa shape index (κ2) is 10.7. The highest BCUT2D eigenvalue weighted by molar-refractivity contribution is 7.10. The van der Waals surface area contributed by atoms with Crippen LogP contribution in [0.5, 0.6) is 0 Å². The molecule has 2 heterocycles. The summed E-state index contributed by atoms with van der Waals surface area (Å²) in [6.45, 7) is 3.43. The van der Waals surface area contributed by atoms with Crippen molar-refractivity contribution in [1.29, 1.82) is 0 Å². The van der Waals surface area contributed by atoms with Gasteiger partial charge in [-0.15, -0.1) is 11.3 Å². The first kappa shape index (κ1) is 22.4. The van der Waals surface area contributed by atoms with Gasteiger partial charge >= 0.3 is 0 Å². The molecule has 0 bridgehead atoms. The van der Waals surface area contributed by atoms with Crippen LogP contribution in [0.2, 0.25) is 0 Å². The van der Waals surface area contributed by atoms with Crippen molar-refractivity contribution in [2.75, 3.05) is 33.4 Å². The highest BCUT2D eigenvalue weighted by Gasteiger charge is 2.33. The molecule has 0 fully saturated rings. The summed E-state index contributed by atoms with van der Waals surface area (Å²) < 4.78 is 18.6. The summed E-state index contributed by atoms with van der Waals surface area (Å²) >= 11 is 1.69. The van der Waals surface area contributed by atoms with Crippen LogP contribution in [0.1, 0.15) is 48.2 Å². The number of unbranched alkanes of at least 4 members (excludes halogenated alkanes) is 1. The van der Waals surface area contributed by atoms with Crippen LogP contribution < -0.4 is 0 Å². The molecule has 3 rings (SSSR count). The minimum Gasteiger partial charge on any atom is -0.383 e. The average molecular weight is 433 g/mol. The lowest BCUT2D eigenvalue weighted by Gasteiger charge is -2.37. The summed E-state index contributed by atoms with van der Waals surface area (Å²) in [5.41, 5.74) is 1.97. The maximum absolute atomic E-state index is 13.5. The van der Waals surface area contributed by atoms with Crippen molar-refractivity contribution >= 4 is 23.2 Å². The normalized spacial score (nSPS) is 15.7. The van der Waals surface area contributed by atoms with Gasteiger partial charge in [0.2, 0.25) is 11.8 Å². The lowest BCUT2D eigenvalue weighted by atomic mass is 9.93. The van der Waals surface area contributed by atoms with Crippen LogP contribution in [0.25, 0.3) is 0 Å². The van der Waals surface area contributed by atoms with E-state index >= 15 is 0 Å². The molecule has 162 valence electrons. The molecule has 1 atom stereocenters. The predicted octanol–water partition coefficient (Wildman–Crippen LogP) is 4.03. The number of amides is 2. The fraction of sp³-hybridized carbons (Fsp3) is 0.478. The molecule has 7 heteroatoms. The first-order valence-electron chi connectivity index (χ1n) is 10.4. The van der Waals surface area contributed by atoms with E-state index in [-0.39, 0.29) is 30.2 Å². The quantitative estimate of drug-likeness (QED) is 0.601. The third-order valence-corrected chi connectivity index (χ3v) is 6.46. The van der Waals surface area contributed by atoms with Crippen molar-refractivity contribution in [3.8, 4) is 0 Å². The summed E-state index contributed by atoms with van der Waals surface area (Å²) in [5, 5.41) is 2.04. The van der Waals surface area contributed by atoms with Crippen LogP contribution >= 0.6 is 11.3 Å². The molecule has 0 N–H and O–H groups in total. The van der Waals surface area contributed by atoms with E-state index in [0.29, 0.717) is 26.1 Å². The smallest absolute Gasteiger partial charge is 0.242 e. The summed E-state index contributed by atoms with van der Waals surface area (Å²) in [7, 11) is 1.59. The molecule has 0 spiro atoms. The number of rotatable bonds is 9. The summed E-state index contributed by atoms with van der Waals surface area (Å²) in [4.78, 5) is 30.7. The number of fused-ring (bicyclic) bond motifs is 1. The standard InChI is InChI=1S/C23H29FN2O3S/c1-3-4-5-21(27)25(13-14-29-2)16-22(28)26-12-10-20-19(11-15-30-20)23(26)17-6-8-18(24)9-7-17/h6-9,11,15,23H,3-5,10,12-14,16H2,1-2H3. The zero-order chi connectivity index (χ0) is 21.5. The van der Waals surface area contributed by atoms with Crippen LogP contribution in [0.15, 0.2) is 35.7 Å². The molecular formula is C23H29FN2O3S. The first-order valence-corrected chi connectivity index (χ1v) is 11.3. The highest BCUT2D eigenvalue weighted by atomic mass is 32.1. The fourth-order valence-corrected chi connectivity index (χ4v) is 4.73. The molecule has 1 aromatic carbocycles. The Morgan fingerprint density at radius 2 is 2.03 bits per heavy atom. The van der Waals surface area contributed by atoms with Crippen LogP contribution in [0, 0.1) is 5.82 Å². The predicted molar refractivity (Wildman–Crippen MR) is 116 cm³/mol. The number of halogens is 1. The van der Waals surface area contributed by atoms with Crippen LogP contribution in [0.3, 0.4) is 0 Å². The highest BCUT2D eigenvalue weighted by Crippen LogP contribution is 2.37. The Morgan fingerprint density at radius 1 is 1.27 bits per heavy atom. The van der Waals surface area contributed by atoms with Gasteiger partial charge in [-0.3, -0.25) is 9.59 Å². The molecule has 5 nitrogen and oxygen atoms in total. The number of methoxy groups -OCH3 is 1. The molecule has 0 radical (unpaired) electrons. The van der Waals surface area contributed by atoms with Gasteiger partial charge in [0.25, 0.3) is 0 Å². The largest absolute Gasteiger partial charge is 0.383 e. The van der Waals surface area contributed by atoms with Gasteiger partial charge in [0, 0.05) is 31.5 Å². The summed E-state index contributed by atoms with van der Waals surface area (Å²) in [6.07, 6.45) is 2.95. The zero-order valence-corrected chi connectivity index (χ0v) is 18.4. The lowest BCUT2D eigenvalue weighted by Crippen LogP contribution is -2.47. The van der Waals surface area contributed by atoms with Crippen molar-refractivity contribution < 1.29 is 18.7 Å². The number of hydrogen-bond donors (Lipinski definition) is 0. The van der Waals surface area contributed by atoms with E-state index < -0.39 is 0 Å². The Kier molecular flexibility index (Phi) is 7.99.